The van der Waals surface area contributed by atoms with Crippen molar-refractivity contribution >= 4 is 45.8 Å². The number of hydrogen-bond donors (Lipinski definition) is 0. The molecule has 1 aromatic heterocycles. The first kappa shape index (κ1) is 19.3. The lowest BCUT2D eigenvalue weighted by atomic mass is 10.0. The molecule has 3 aromatic carbocycles. The van der Waals surface area contributed by atoms with Gasteiger partial charge >= 0.3 is 0 Å². The Bertz CT molecular complexity index is 1280. The third kappa shape index (κ3) is 3.91. The van der Waals surface area contributed by atoms with Crippen LogP contribution in [-0.4, -0.2) is 4.57 Å². The predicted molar refractivity (Wildman–Crippen MR) is 117 cm³/mol. The summed E-state index contributed by atoms with van der Waals surface area (Å²) in [5.41, 5.74) is 3.43. The Morgan fingerprint density at radius 1 is 1.00 bits per heavy atom. The highest BCUT2D eigenvalue weighted by atomic mass is 35.5. The van der Waals surface area contributed by atoms with E-state index in [4.69, 9.17) is 23.2 Å². The van der Waals surface area contributed by atoms with Crippen LogP contribution in [0.2, 0.25) is 10.0 Å². The molecule has 0 amide bonds. The van der Waals surface area contributed by atoms with Gasteiger partial charge in [0.25, 0.3) is 0 Å². The van der Waals surface area contributed by atoms with Gasteiger partial charge in [-0.2, -0.15) is 5.26 Å². The molecule has 29 heavy (non-hydrogen) atoms. The summed E-state index contributed by atoms with van der Waals surface area (Å²) in [6.45, 7) is 0.590. The highest BCUT2D eigenvalue weighted by Gasteiger charge is 2.11. The topological polar surface area (TPSA) is 28.7 Å². The lowest BCUT2D eigenvalue weighted by Gasteiger charge is -2.06. The minimum absolute atomic E-state index is 0.278. The zero-order chi connectivity index (χ0) is 20.4. The number of aromatic nitrogens is 1. The summed E-state index contributed by atoms with van der Waals surface area (Å²) in [5, 5.41) is 11.6. The number of halogens is 3. The molecule has 4 aromatic rings. The maximum atomic E-state index is 14.2. The van der Waals surface area contributed by atoms with Crippen LogP contribution in [-0.2, 0) is 6.54 Å². The van der Waals surface area contributed by atoms with Gasteiger partial charge in [0, 0.05) is 34.8 Å². The van der Waals surface area contributed by atoms with E-state index in [2.05, 4.69) is 10.6 Å². The standard InChI is InChI=1S/C24H15Cl2FN2/c25-21-10-9-16(11-22(21)26)14-29-15-18(20-6-2-4-8-24(20)29)12-17(13-28)19-5-1-3-7-23(19)27/h1-12,15H,14H2. The van der Waals surface area contributed by atoms with E-state index in [1.165, 1.54) is 6.07 Å². The first-order chi connectivity index (χ1) is 14.1. The summed E-state index contributed by atoms with van der Waals surface area (Å²) in [6, 6.07) is 21.9. The van der Waals surface area contributed by atoms with Crippen molar-refractivity contribution in [3.05, 3.63) is 105 Å². The Hall–Kier alpha value is -3.06. The van der Waals surface area contributed by atoms with Crippen LogP contribution in [0.1, 0.15) is 16.7 Å². The summed E-state index contributed by atoms with van der Waals surface area (Å²) in [6.07, 6.45) is 3.69. The van der Waals surface area contributed by atoms with Gasteiger partial charge in [-0.25, -0.2) is 4.39 Å². The molecule has 0 aliphatic carbocycles. The van der Waals surface area contributed by atoms with Crippen molar-refractivity contribution in [1.29, 1.82) is 5.26 Å². The molecule has 0 unspecified atom stereocenters. The molecule has 4 rings (SSSR count). The van der Waals surface area contributed by atoms with Crippen LogP contribution in [0.15, 0.2) is 72.9 Å². The minimum atomic E-state index is -0.417. The summed E-state index contributed by atoms with van der Waals surface area (Å²) >= 11 is 12.2. The fourth-order valence-corrected chi connectivity index (χ4v) is 3.68. The zero-order valence-electron chi connectivity index (χ0n) is 15.2. The van der Waals surface area contributed by atoms with Crippen LogP contribution in [0.5, 0.6) is 0 Å². The summed E-state index contributed by atoms with van der Waals surface area (Å²) < 4.78 is 16.3. The Balaban J connectivity index is 1.81. The molecule has 0 saturated carbocycles. The van der Waals surface area contributed by atoms with E-state index in [0.29, 0.717) is 16.6 Å². The quantitative estimate of drug-likeness (QED) is 0.320. The Morgan fingerprint density at radius 3 is 2.52 bits per heavy atom. The second kappa shape index (κ2) is 8.13. The summed E-state index contributed by atoms with van der Waals surface area (Å²) in [5.74, 6) is -0.417. The van der Waals surface area contributed by atoms with E-state index in [-0.39, 0.29) is 11.1 Å². The Morgan fingerprint density at radius 2 is 1.76 bits per heavy atom. The smallest absolute Gasteiger partial charge is 0.131 e. The van der Waals surface area contributed by atoms with Gasteiger partial charge in [-0.15, -0.1) is 0 Å². The van der Waals surface area contributed by atoms with Gasteiger partial charge in [0.15, 0.2) is 0 Å². The van der Waals surface area contributed by atoms with Gasteiger partial charge in [0.05, 0.1) is 21.7 Å². The van der Waals surface area contributed by atoms with Crippen LogP contribution in [0.25, 0.3) is 22.6 Å². The fourth-order valence-electron chi connectivity index (χ4n) is 3.36. The molecular weight excluding hydrogens is 406 g/mol. The molecule has 0 atom stereocenters. The number of fused-ring (bicyclic) bond motifs is 1. The maximum absolute atomic E-state index is 14.2. The van der Waals surface area contributed by atoms with Crippen LogP contribution in [0, 0.1) is 17.1 Å². The second-order valence-electron chi connectivity index (χ2n) is 6.63. The molecule has 0 aliphatic rings. The number of rotatable bonds is 4. The van der Waals surface area contributed by atoms with E-state index < -0.39 is 5.82 Å². The molecule has 2 nitrogen and oxygen atoms in total. The van der Waals surface area contributed by atoms with Gasteiger partial charge in [-0.05, 0) is 35.9 Å². The lowest BCUT2D eigenvalue weighted by Crippen LogP contribution is -1.97. The molecule has 0 radical (unpaired) electrons. The largest absolute Gasteiger partial charge is 0.342 e. The Kier molecular flexibility index (Phi) is 5.40. The van der Waals surface area contributed by atoms with Crippen molar-refractivity contribution in [3.63, 3.8) is 0 Å². The van der Waals surface area contributed by atoms with Gasteiger partial charge in [-0.3, -0.25) is 0 Å². The highest BCUT2D eigenvalue weighted by Crippen LogP contribution is 2.29. The number of nitriles is 1. The minimum Gasteiger partial charge on any atom is -0.342 e. The second-order valence-corrected chi connectivity index (χ2v) is 7.44. The van der Waals surface area contributed by atoms with E-state index >= 15 is 0 Å². The summed E-state index contributed by atoms with van der Waals surface area (Å²) in [4.78, 5) is 0. The number of nitrogens with zero attached hydrogens (tertiary/aromatic N) is 2. The average molecular weight is 421 g/mol. The van der Waals surface area contributed by atoms with Crippen molar-refractivity contribution in [3.8, 4) is 6.07 Å². The zero-order valence-corrected chi connectivity index (χ0v) is 16.8. The van der Waals surface area contributed by atoms with E-state index in [1.807, 2.05) is 42.6 Å². The van der Waals surface area contributed by atoms with Gasteiger partial charge in [0.2, 0.25) is 0 Å². The fraction of sp³-hybridized carbons (Fsp3) is 0.0417. The van der Waals surface area contributed by atoms with Crippen molar-refractivity contribution in [2.45, 2.75) is 6.54 Å². The molecule has 0 saturated heterocycles. The van der Waals surface area contributed by atoms with Crippen molar-refractivity contribution < 1.29 is 4.39 Å². The van der Waals surface area contributed by atoms with Crippen molar-refractivity contribution in [2.75, 3.05) is 0 Å². The normalized spacial score (nSPS) is 11.6. The lowest BCUT2D eigenvalue weighted by molar-refractivity contribution is 0.624. The first-order valence-corrected chi connectivity index (χ1v) is 9.71. The van der Waals surface area contributed by atoms with E-state index in [9.17, 15) is 9.65 Å². The van der Waals surface area contributed by atoms with Crippen LogP contribution in [0.4, 0.5) is 4.39 Å². The molecule has 1 heterocycles. The average Bonchev–Trinajstić information content (AvgIpc) is 3.07. The summed E-state index contributed by atoms with van der Waals surface area (Å²) in [7, 11) is 0. The van der Waals surface area contributed by atoms with Crippen molar-refractivity contribution in [1.82, 2.24) is 4.57 Å². The predicted octanol–water partition coefficient (Wildman–Crippen LogP) is 7.20. The molecule has 0 bridgehead atoms. The molecular formula is C24H15Cl2FN2. The Labute approximate surface area is 178 Å². The molecule has 0 fully saturated rings. The van der Waals surface area contributed by atoms with Crippen LogP contribution < -0.4 is 0 Å². The van der Waals surface area contributed by atoms with Gasteiger partial charge < -0.3 is 4.57 Å². The monoisotopic (exact) mass is 420 g/mol. The van der Waals surface area contributed by atoms with E-state index in [0.717, 1.165) is 22.0 Å². The SMILES string of the molecule is N#CC(=Cc1cn(Cc2ccc(Cl)c(Cl)c2)c2ccccc12)c1ccccc1F. The highest BCUT2D eigenvalue weighted by molar-refractivity contribution is 6.42. The molecule has 0 N–H and O–H groups in total. The molecule has 142 valence electrons. The molecule has 0 aliphatic heterocycles. The van der Waals surface area contributed by atoms with Crippen LogP contribution in [0.3, 0.4) is 0 Å². The van der Waals surface area contributed by atoms with Crippen LogP contribution >= 0.6 is 23.2 Å². The number of allylic oxidation sites excluding steroid dienone is 1. The third-order valence-electron chi connectivity index (χ3n) is 4.74. The molecule has 5 heteroatoms. The van der Waals surface area contributed by atoms with Gasteiger partial charge in [0.1, 0.15) is 5.82 Å². The van der Waals surface area contributed by atoms with E-state index in [1.54, 1.807) is 30.3 Å². The number of benzene rings is 3. The molecule has 0 spiro atoms. The number of hydrogen-bond acceptors (Lipinski definition) is 1. The number of para-hydroxylation sites is 1. The van der Waals surface area contributed by atoms with Crippen molar-refractivity contribution in [2.24, 2.45) is 0 Å². The first-order valence-electron chi connectivity index (χ1n) is 8.95. The van der Waals surface area contributed by atoms with Gasteiger partial charge in [-0.1, -0.05) is 65.7 Å². The maximum Gasteiger partial charge on any atom is 0.131 e. The third-order valence-corrected chi connectivity index (χ3v) is 5.48.